The number of alkyl carbamates (subject to hydrolysis) is 1. The molecule has 6 nitrogen and oxygen atoms in total. The molecule has 25 heavy (non-hydrogen) atoms. The van der Waals surface area contributed by atoms with E-state index in [4.69, 9.17) is 15.2 Å². The highest BCUT2D eigenvalue weighted by molar-refractivity contribution is 5.68. The van der Waals surface area contributed by atoms with Gasteiger partial charge >= 0.3 is 6.09 Å². The Hall–Kier alpha value is -1.63. The molecule has 1 fully saturated rings. The molecule has 0 aromatic heterocycles. The summed E-state index contributed by atoms with van der Waals surface area (Å²) in [5.41, 5.74) is 7.49. The standard InChI is InChI=1S/C19H31N3O3/c1-14(2)11-21-12-17(20)18(10-15-6-4-3-5-7-15)22-19(23)25-16-8-9-24-13-16/h3-7,14,16-18,21H,8-13,20H2,1-2H3,(H,22,23). The second-order valence-electron chi connectivity index (χ2n) is 7.05. The van der Waals surface area contributed by atoms with Gasteiger partial charge in [-0.1, -0.05) is 44.2 Å². The van der Waals surface area contributed by atoms with Crippen molar-refractivity contribution in [2.45, 2.75) is 44.9 Å². The van der Waals surface area contributed by atoms with Gasteiger partial charge in [-0.25, -0.2) is 4.79 Å². The molecule has 2 rings (SSSR count). The van der Waals surface area contributed by atoms with Crippen molar-refractivity contribution in [2.24, 2.45) is 11.7 Å². The van der Waals surface area contributed by atoms with Crippen LogP contribution in [0, 0.1) is 5.92 Å². The highest BCUT2D eigenvalue weighted by Gasteiger charge is 2.24. The summed E-state index contributed by atoms with van der Waals surface area (Å²) in [6.07, 6.45) is 0.837. The summed E-state index contributed by atoms with van der Waals surface area (Å²) in [5, 5.41) is 6.31. The van der Waals surface area contributed by atoms with Crippen LogP contribution in [0.1, 0.15) is 25.8 Å². The predicted molar refractivity (Wildman–Crippen MR) is 98.5 cm³/mol. The third-order valence-electron chi connectivity index (χ3n) is 4.21. The van der Waals surface area contributed by atoms with Crippen LogP contribution in [0.25, 0.3) is 0 Å². The molecule has 4 N–H and O–H groups in total. The molecular weight excluding hydrogens is 318 g/mol. The van der Waals surface area contributed by atoms with Crippen LogP contribution in [0.2, 0.25) is 0 Å². The normalized spacial score (nSPS) is 19.6. The Kier molecular flexibility index (Phi) is 8.18. The first-order chi connectivity index (χ1) is 12.0. The summed E-state index contributed by atoms with van der Waals surface area (Å²) in [6.45, 7) is 6.96. The van der Waals surface area contributed by atoms with E-state index in [9.17, 15) is 4.79 Å². The number of hydrogen-bond donors (Lipinski definition) is 3. The maximum Gasteiger partial charge on any atom is 0.407 e. The lowest BCUT2D eigenvalue weighted by Gasteiger charge is -2.26. The number of rotatable bonds is 9. The van der Waals surface area contributed by atoms with E-state index >= 15 is 0 Å². The van der Waals surface area contributed by atoms with Gasteiger partial charge in [-0.2, -0.15) is 0 Å². The van der Waals surface area contributed by atoms with Gasteiger partial charge in [0.2, 0.25) is 0 Å². The Morgan fingerprint density at radius 3 is 2.72 bits per heavy atom. The van der Waals surface area contributed by atoms with Gasteiger partial charge in [0.25, 0.3) is 0 Å². The van der Waals surface area contributed by atoms with E-state index in [1.807, 2.05) is 30.3 Å². The van der Waals surface area contributed by atoms with Crippen LogP contribution < -0.4 is 16.4 Å². The lowest BCUT2D eigenvalue weighted by Crippen LogP contribution is -2.53. The smallest absolute Gasteiger partial charge is 0.407 e. The molecule has 0 aliphatic carbocycles. The molecule has 0 saturated carbocycles. The molecule has 1 aliphatic rings. The fraction of sp³-hybridized carbons (Fsp3) is 0.632. The van der Waals surface area contributed by atoms with E-state index in [2.05, 4.69) is 24.5 Å². The van der Waals surface area contributed by atoms with Crippen molar-refractivity contribution >= 4 is 6.09 Å². The Labute approximate surface area is 150 Å². The number of carbonyl (C=O) groups is 1. The third kappa shape index (κ3) is 7.42. The molecule has 1 aromatic rings. The fourth-order valence-electron chi connectivity index (χ4n) is 2.80. The lowest BCUT2D eigenvalue weighted by atomic mass is 10.00. The Morgan fingerprint density at radius 2 is 2.08 bits per heavy atom. The zero-order valence-electron chi connectivity index (χ0n) is 15.2. The van der Waals surface area contributed by atoms with Crippen molar-refractivity contribution in [2.75, 3.05) is 26.3 Å². The minimum atomic E-state index is -0.421. The van der Waals surface area contributed by atoms with Crippen LogP contribution in [0.5, 0.6) is 0 Å². The monoisotopic (exact) mass is 349 g/mol. The first-order valence-corrected chi connectivity index (χ1v) is 9.09. The second-order valence-corrected chi connectivity index (χ2v) is 7.05. The average molecular weight is 349 g/mol. The van der Waals surface area contributed by atoms with Gasteiger partial charge in [-0.05, 0) is 24.4 Å². The predicted octanol–water partition coefficient (Wildman–Crippen LogP) is 1.69. The molecule has 1 amide bonds. The summed E-state index contributed by atoms with van der Waals surface area (Å²) >= 11 is 0. The summed E-state index contributed by atoms with van der Waals surface area (Å²) < 4.78 is 10.7. The van der Waals surface area contributed by atoms with E-state index in [1.54, 1.807) is 0 Å². The maximum absolute atomic E-state index is 12.2. The summed E-state index contributed by atoms with van der Waals surface area (Å²) in [6, 6.07) is 9.64. The highest BCUT2D eigenvalue weighted by atomic mass is 16.6. The summed E-state index contributed by atoms with van der Waals surface area (Å²) in [5.74, 6) is 0.556. The van der Waals surface area contributed by atoms with Gasteiger partial charge in [0, 0.05) is 19.0 Å². The first-order valence-electron chi connectivity index (χ1n) is 9.09. The lowest BCUT2D eigenvalue weighted by molar-refractivity contribution is 0.0799. The van der Waals surface area contributed by atoms with Crippen molar-refractivity contribution in [1.82, 2.24) is 10.6 Å². The largest absolute Gasteiger partial charge is 0.444 e. The van der Waals surface area contributed by atoms with E-state index in [-0.39, 0.29) is 18.2 Å². The third-order valence-corrected chi connectivity index (χ3v) is 4.21. The maximum atomic E-state index is 12.2. The van der Waals surface area contributed by atoms with Gasteiger partial charge in [-0.15, -0.1) is 0 Å². The number of nitrogens with two attached hydrogens (primary N) is 1. The van der Waals surface area contributed by atoms with Gasteiger partial charge in [0.05, 0.1) is 19.3 Å². The number of ether oxygens (including phenoxy) is 2. The highest BCUT2D eigenvalue weighted by Crippen LogP contribution is 2.10. The van der Waals surface area contributed by atoms with Crippen LogP contribution in [-0.2, 0) is 15.9 Å². The van der Waals surface area contributed by atoms with Gasteiger partial charge < -0.3 is 25.8 Å². The van der Waals surface area contributed by atoms with Gasteiger partial charge in [-0.3, -0.25) is 0 Å². The van der Waals surface area contributed by atoms with Crippen LogP contribution in [0.3, 0.4) is 0 Å². The molecular formula is C19H31N3O3. The average Bonchev–Trinajstić information content (AvgIpc) is 3.07. The van der Waals surface area contributed by atoms with Crippen molar-refractivity contribution < 1.29 is 14.3 Å². The molecule has 1 saturated heterocycles. The van der Waals surface area contributed by atoms with Gasteiger partial charge in [0.1, 0.15) is 6.10 Å². The molecule has 1 aromatic carbocycles. The quantitative estimate of drug-likeness (QED) is 0.632. The van der Waals surface area contributed by atoms with Gasteiger partial charge in [0.15, 0.2) is 0 Å². The molecule has 3 unspecified atom stereocenters. The van der Waals surface area contributed by atoms with E-state index in [0.29, 0.717) is 32.1 Å². The van der Waals surface area contributed by atoms with E-state index in [0.717, 1.165) is 18.5 Å². The number of benzene rings is 1. The molecule has 0 bridgehead atoms. The zero-order chi connectivity index (χ0) is 18.1. The minimum Gasteiger partial charge on any atom is -0.444 e. The Morgan fingerprint density at radius 1 is 1.32 bits per heavy atom. The van der Waals surface area contributed by atoms with Crippen LogP contribution in [0.15, 0.2) is 30.3 Å². The van der Waals surface area contributed by atoms with Crippen molar-refractivity contribution in [3.63, 3.8) is 0 Å². The topological polar surface area (TPSA) is 85.6 Å². The zero-order valence-corrected chi connectivity index (χ0v) is 15.2. The molecule has 1 aliphatic heterocycles. The number of amides is 1. The number of nitrogens with one attached hydrogen (secondary N) is 2. The molecule has 140 valence electrons. The Balaban J connectivity index is 1.91. The van der Waals surface area contributed by atoms with Crippen molar-refractivity contribution in [1.29, 1.82) is 0 Å². The number of hydrogen-bond acceptors (Lipinski definition) is 5. The molecule has 0 radical (unpaired) electrons. The van der Waals surface area contributed by atoms with Crippen LogP contribution in [0.4, 0.5) is 4.79 Å². The van der Waals surface area contributed by atoms with E-state index in [1.165, 1.54) is 0 Å². The molecule has 0 spiro atoms. The fourth-order valence-corrected chi connectivity index (χ4v) is 2.80. The second kappa shape index (κ2) is 10.4. The van der Waals surface area contributed by atoms with Crippen LogP contribution in [-0.4, -0.2) is 50.6 Å². The SMILES string of the molecule is CC(C)CNCC(N)C(Cc1ccccc1)NC(=O)OC1CCOC1. The summed E-state index contributed by atoms with van der Waals surface area (Å²) in [4.78, 5) is 12.2. The number of carbonyl (C=O) groups excluding carboxylic acids is 1. The van der Waals surface area contributed by atoms with E-state index < -0.39 is 6.09 Å². The van der Waals surface area contributed by atoms with Crippen molar-refractivity contribution in [3.05, 3.63) is 35.9 Å². The molecule has 1 heterocycles. The van der Waals surface area contributed by atoms with Crippen molar-refractivity contribution in [3.8, 4) is 0 Å². The Bertz CT molecular complexity index is 504. The minimum absolute atomic E-state index is 0.160. The van der Waals surface area contributed by atoms with Crippen LogP contribution >= 0.6 is 0 Å². The molecule has 6 heteroatoms. The molecule has 3 atom stereocenters. The first kappa shape index (κ1) is 19.7. The summed E-state index contributed by atoms with van der Waals surface area (Å²) in [7, 11) is 0.